The van der Waals surface area contributed by atoms with Crippen molar-refractivity contribution >= 4 is 29.0 Å². The van der Waals surface area contributed by atoms with Gasteiger partial charge < -0.3 is 20.1 Å². The summed E-state index contributed by atoms with van der Waals surface area (Å²) in [6.07, 6.45) is 2.18. The van der Waals surface area contributed by atoms with E-state index in [1.807, 2.05) is 4.90 Å². The fraction of sp³-hybridized carbons (Fsp3) is 0.500. The Morgan fingerprint density at radius 3 is 2.86 bits per heavy atom. The summed E-state index contributed by atoms with van der Waals surface area (Å²) in [6, 6.07) is 3.40. The molecule has 0 amide bonds. The minimum Gasteiger partial charge on any atom is -0.462 e. The molecule has 0 aliphatic rings. The van der Waals surface area contributed by atoms with E-state index in [1.165, 1.54) is 0 Å². The molecule has 116 valence electrons. The number of anilines is 1. The second-order valence-corrected chi connectivity index (χ2v) is 4.82. The van der Waals surface area contributed by atoms with Gasteiger partial charge in [-0.25, -0.2) is 9.78 Å². The summed E-state index contributed by atoms with van der Waals surface area (Å²) in [7, 11) is 1.62. The van der Waals surface area contributed by atoms with Crippen LogP contribution in [0.3, 0.4) is 0 Å². The van der Waals surface area contributed by atoms with Gasteiger partial charge in [-0.2, -0.15) is 0 Å². The Morgan fingerprint density at radius 2 is 2.24 bits per heavy atom. The Kier molecular flexibility index (Phi) is 7.63. The molecular formula is C14H21N3O3S. The van der Waals surface area contributed by atoms with Crippen LogP contribution >= 0.6 is 12.2 Å². The number of rotatable bonds is 9. The normalized spacial score (nSPS) is 10.2. The summed E-state index contributed by atoms with van der Waals surface area (Å²) >= 11 is 4.91. The van der Waals surface area contributed by atoms with Crippen LogP contribution in [0.15, 0.2) is 18.3 Å². The predicted molar refractivity (Wildman–Crippen MR) is 85.7 cm³/mol. The van der Waals surface area contributed by atoms with Gasteiger partial charge in [-0.05, 0) is 19.1 Å². The Labute approximate surface area is 130 Å². The number of aromatic nitrogens is 1. The first-order valence-electron chi connectivity index (χ1n) is 6.74. The first kappa shape index (κ1) is 17.3. The van der Waals surface area contributed by atoms with Crippen LogP contribution in [0, 0.1) is 0 Å². The Balaban J connectivity index is 2.99. The Hall–Kier alpha value is -1.73. The van der Waals surface area contributed by atoms with Crippen molar-refractivity contribution in [3.05, 3.63) is 23.9 Å². The SMILES string of the molecule is CCOC(=O)c1cccnc1N(CCOC)CCC(N)=S. The number of nitrogens with two attached hydrogens (primary N) is 1. The van der Waals surface area contributed by atoms with Crippen LogP contribution in [0.25, 0.3) is 0 Å². The first-order valence-corrected chi connectivity index (χ1v) is 7.15. The van der Waals surface area contributed by atoms with Crippen LogP contribution < -0.4 is 10.6 Å². The lowest BCUT2D eigenvalue weighted by molar-refractivity contribution is 0.0526. The van der Waals surface area contributed by atoms with Gasteiger partial charge in [-0.3, -0.25) is 0 Å². The van der Waals surface area contributed by atoms with Gasteiger partial charge in [0.25, 0.3) is 0 Å². The lowest BCUT2D eigenvalue weighted by Crippen LogP contribution is -2.32. The van der Waals surface area contributed by atoms with Gasteiger partial charge in [0.2, 0.25) is 0 Å². The highest BCUT2D eigenvalue weighted by Crippen LogP contribution is 2.18. The molecule has 7 heteroatoms. The summed E-state index contributed by atoms with van der Waals surface area (Å²) in [5.74, 6) is 0.169. The number of methoxy groups -OCH3 is 1. The zero-order valence-corrected chi connectivity index (χ0v) is 13.2. The molecule has 1 rings (SSSR count). The molecule has 0 aliphatic heterocycles. The molecule has 1 aromatic rings. The van der Waals surface area contributed by atoms with Crippen LogP contribution in [0.5, 0.6) is 0 Å². The molecule has 0 saturated carbocycles. The second kappa shape index (κ2) is 9.25. The molecule has 0 aromatic carbocycles. The average Bonchev–Trinajstić information content (AvgIpc) is 2.47. The topological polar surface area (TPSA) is 77.7 Å². The van der Waals surface area contributed by atoms with Crippen LogP contribution in [-0.4, -0.2) is 49.4 Å². The van der Waals surface area contributed by atoms with E-state index in [2.05, 4.69) is 4.98 Å². The molecule has 1 heterocycles. The van der Waals surface area contributed by atoms with E-state index in [0.717, 1.165) is 0 Å². The van der Waals surface area contributed by atoms with E-state index in [1.54, 1.807) is 32.4 Å². The van der Waals surface area contributed by atoms with Crippen LogP contribution in [-0.2, 0) is 9.47 Å². The van der Waals surface area contributed by atoms with Crippen molar-refractivity contribution in [2.45, 2.75) is 13.3 Å². The molecule has 0 fully saturated rings. The van der Waals surface area contributed by atoms with Crippen LogP contribution in [0.1, 0.15) is 23.7 Å². The third-order valence-corrected chi connectivity index (χ3v) is 2.98. The average molecular weight is 311 g/mol. The van der Waals surface area contributed by atoms with Crippen molar-refractivity contribution < 1.29 is 14.3 Å². The van der Waals surface area contributed by atoms with E-state index < -0.39 is 5.97 Å². The van der Waals surface area contributed by atoms with Crippen LogP contribution in [0.4, 0.5) is 5.82 Å². The number of carbonyl (C=O) groups excluding carboxylic acids is 1. The lowest BCUT2D eigenvalue weighted by atomic mass is 10.2. The maximum absolute atomic E-state index is 12.0. The molecule has 0 radical (unpaired) electrons. The van der Waals surface area contributed by atoms with Gasteiger partial charge in [0, 0.05) is 32.8 Å². The standard InChI is InChI=1S/C14H21N3O3S/c1-3-20-14(18)11-5-4-7-16-13(11)17(9-10-19-2)8-6-12(15)21/h4-5,7H,3,6,8-10H2,1-2H3,(H2,15,21). The molecule has 6 nitrogen and oxygen atoms in total. The van der Waals surface area contributed by atoms with Crippen molar-refractivity contribution in [2.75, 3.05) is 38.3 Å². The summed E-state index contributed by atoms with van der Waals surface area (Å²) in [4.78, 5) is 18.7. The van der Waals surface area contributed by atoms with E-state index in [9.17, 15) is 4.79 Å². The second-order valence-electron chi connectivity index (χ2n) is 4.29. The molecule has 0 saturated heterocycles. The molecule has 0 bridgehead atoms. The predicted octanol–water partition coefficient (Wildman–Crippen LogP) is 1.39. The number of hydrogen-bond acceptors (Lipinski definition) is 6. The fourth-order valence-corrected chi connectivity index (χ4v) is 1.88. The van der Waals surface area contributed by atoms with E-state index in [4.69, 9.17) is 27.4 Å². The van der Waals surface area contributed by atoms with Crippen molar-refractivity contribution in [1.29, 1.82) is 0 Å². The van der Waals surface area contributed by atoms with Gasteiger partial charge in [0.05, 0.1) is 18.2 Å². The molecule has 0 unspecified atom stereocenters. The fourth-order valence-electron chi connectivity index (χ4n) is 1.79. The van der Waals surface area contributed by atoms with Gasteiger partial charge in [-0.1, -0.05) is 12.2 Å². The minimum atomic E-state index is -0.390. The molecule has 0 spiro atoms. The Morgan fingerprint density at radius 1 is 1.48 bits per heavy atom. The quantitative estimate of drug-likeness (QED) is 0.545. The van der Waals surface area contributed by atoms with Crippen molar-refractivity contribution in [3.8, 4) is 0 Å². The Bertz CT molecular complexity index is 482. The van der Waals surface area contributed by atoms with Crippen molar-refractivity contribution in [2.24, 2.45) is 5.73 Å². The zero-order chi connectivity index (χ0) is 15.7. The van der Waals surface area contributed by atoms with E-state index in [-0.39, 0.29) is 0 Å². The molecule has 0 aliphatic carbocycles. The van der Waals surface area contributed by atoms with Gasteiger partial charge in [0.15, 0.2) is 0 Å². The third-order valence-electron chi connectivity index (χ3n) is 2.78. The van der Waals surface area contributed by atoms with Crippen molar-refractivity contribution in [1.82, 2.24) is 4.98 Å². The number of carbonyl (C=O) groups is 1. The lowest BCUT2D eigenvalue weighted by Gasteiger charge is -2.24. The summed E-state index contributed by atoms with van der Waals surface area (Å²) in [5, 5.41) is 0. The molecular weight excluding hydrogens is 290 g/mol. The number of hydrogen-bond donors (Lipinski definition) is 1. The van der Waals surface area contributed by atoms with Gasteiger partial charge >= 0.3 is 5.97 Å². The van der Waals surface area contributed by atoms with Crippen molar-refractivity contribution in [3.63, 3.8) is 0 Å². The first-order chi connectivity index (χ1) is 10.1. The smallest absolute Gasteiger partial charge is 0.341 e. The summed E-state index contributed by atoms with van der Waals surface area (Å²) < 4.78 is 10.2. The molecule has 2 N–H and O–H groups in total. The number of nitrogens with zero attached hydrogens (tertiary/aromatic N) is 2. The molecule has 0 atom stereocenters. The minimum absolute atomic E-state index is 0.318. The van der Waals surface area contributed by atoms with Gasteiger partial charge in [0.1, 0.15) is 11.4 Å². The zero-order valence-electron chi connectivity index (χ0n) is 12.4. The summed E-state index contributed by atoms with van der Waals surface area (Å²) in [5.41, 5.74) is 5.98. The monoisotopic (exact) mass is 311 g/mol. The highest BCUT2D eigenvalue weighted by molar-refractivity contribution is 7.80. The third kappa shape index (κ3) is 5.65. The maximum Gasteiger partial charge on any atom is 0.341 e. The number of esters is 1. The number of thiocarbonyl (C=S) groups is 1. The molecule has 21 heavy (non-hydrogen) atoms. The van der Waals surface area contributed by atoms with E-state index >= 15 is 0 Å². The van der Waals surface area contributed by atoms with Crippen LogP contribution in [0.2, 0.25) is 0 Å². The maximum atomic E-state index is 12.0. The number of ether oxygens (including phenoxy) is 2. The highest BCUT2D eigenvalue weighted by atomic mass is 32.1. The largest absolute Gasteiger partial charge is 0.462 e. The highest BCUT2D eigenvalue weighted by Gasteiger charge is 2.18. The van der Waals surface area contributed by atoms with Gasteiger partial charge in [-0.15, -0.1) is 0 Å². The van der Waals surface area contributed by atoms with E-state index in [0.29, 0.717) is 49.1 Å². The number of pyridine rings is 1. The molecule has 1 aromatic heterocycles. The summed E-state index contributed by atoms with van der Waals surface area (Å²) in [6.45, 7) is 3.75.